The number of fused-ring (bicyclic) bond motifs is 1. The highest BCUT2D eigenvalue weighted by molar-refractivity contribution is 7.98. The van der Waals surface area contributed by atoms with E-state index in [1.165, 1.54) is 11.9 Å². The normalized spacial score (nSPS) is 13.2. The molecule has 4 nitrogen and oxygen atoms in total. The lowest BCUT2D eigenvalue weighted by molar-refractivity contribution is 0.992. The van der Waals surface area contributed by atoms with Crippen molar-refractivity contribution in [3.05, 3.63) is 47.6 Å². The Bertz CT molecular complexity index is 645. The number of nitrogens with one attached hydrogen (secondary N) is 1. The van der Waals surface area contributed by atoms with Gasteiger partial charge in [0.05, 0.1) is 10.6 Å². The molecule has 102 valence electrons. The minimum atomic E-state index is 0.716. The van der Waals surface area contributed by atoms with E-state index in [1.807, 2.05) is 41.3 Å². The van der Waals surface area contributed by atoms with Crippen LogP contribution >= 0.6 is 23.5 Å². The largest absolute Gasteiger partial charge is 0.296 e. The molecular weight excluding hydrogens is 292 g/mol. The first-order valence-electron chi connectivity index (χ1n) is 6.27. The number of rotatable bonds is 2. The second-order valence-electron chi connectivity index (χ2n) is 4.18. The summed E-state index contributed by atoms with van der Waals surface area (Å²) < 4.78 is 3.25. The van der Waals surface area contributed by atoms with E-state index in [4.69, 9.17) is 11.6 Å². The third kappa shape index (κ3) is 2.59. The number of benzene rings is 1. The molecule has 0 spiro atoms. The van der Waals surface area contributed by atoms with Crippen LogP contribution in [-0.4, -0.2) is 17.5 Å². The molecule has 1 aliphatic heterocycles. The van der Waals surface area contributed by atoms with Gasteiger partial charge in [-0.2, -0.15) is 0 Å². The van der Waals surface area contributed by atoms with Crippen molar-refractivity contribution in [3.8, 4) is 0 Å². The van der Waals surface area contributed by atoms with E-state index in [0.29, 0.717) is 5.02 Å². The van der Waals surface area contributed by atoms with Crippen molar-refractivity contribution in [2.24, 2.45) is 4.99 Å². The maximum atomic E-state index is 5.99. The Morgan fingerprint density at radius 3 is 2.95 bits per heavy atom. The molecule has 1 aromatic carbocycles. The second kappa shape index (κ2) is 5.73. The van der Waals surface area contributed by atoms with Crippen LogP contribution in [-0.2, 0) is 0 Å². The zero-order chi connectivity index (χ0) is 13.9. The van der Waals surface area contributed by atoms with Crippen LogP contribution in [0.1, 0.15) is 6.92 Å². The topological polar surface area (TPSA) is 40.5 Å². The van der Waals surface area contributed by atoms with E-state index < -0.39 is 0 Å². The first-order chi connectivity index (χ1) is 9.78. The molecule has 20 heavy (non-hydrogen) atoms. The van der Waals surface area contributed by atoms with Gasteiger partial charge in [0, 0.05) is 17.8 Å². The monoisotopic (exact) mass is 304 g/mol. The lowest BCUT2D eigenvalue weighted by atomic mass is 10.3. The van der Waals surface area contributed by atoms with Gasteiger partial charge in [-0.1, -0.05) is 17.7 Å². The van der Waals surface area contributed by atoms with Gasteiger partial charge in [0.25, 0.3) is 0 Å². The zero-order valence-corrected chi connectivity index (χ0v) is 12.4. The maximum absolute atomic E-state index is 5.99. The van der Waals surface area contributed by atoms with Crippen LogP contribution in [0.3, 0.4) is 0 Å². The van der Waals surface area contributed by atoms with Crippen molar-refractivity contribution in [1.29, 1.82) is 0 Å². The van der Waals surface area contributed by atoms with Crippen LogP contribution in [0.25, 0.3) is 0 Å². The molecule has 0 amide bonds. The third-order valence-corrected chi connectivity index (χ3v) is 3.96. The molecule has 0 bridgehead atoms. The standard InChI is InChI=1S/C14H13ClN4S/c1-2-19(13-5-3-4-8-16-13)14-17-11-7-6-10(15)9-12(11)20-18-14/h3-9H,2H2,1H3,(H,17,18). The SMILES string of the molecule is CCN(C1=Nc2ccc(Cl)cc2SN1)c1ccccn1. The highest BCUT2D eigenvalue weighted by atomic mass is 35.5. The number of halogens is 1. The van der Waals surface area contributed by atoms with E-state index in [-0.39, 0.29) is 0 Å². The van der Waals surface area contributed by atoms with Gasteiger partial charge in [0.15, 0.2) is 0 Å². The molecule has 1 aromatic heterocycles. The van der Waals surface area contributed by atoms with Crippen molar-refractivity contribution < 1.29 is 0 Å². The van der Waals surface area contributed by atoms with E-state index in [1.54, 1.807) is 6.20 Å². The van der Waals surface area contributed by atoms with Crippen LogP contribution in [0, 0.1) is 0 Å². The molecule has 1 aliphatic rings. The van der Waals surface area contributed by atoms with Gasteiger partial charge in [-0.3, -0.25) is 9.62 Å². The quantitative estimate of drug-likeness (QED) is 0.855. The van der Waals surface area contributed by atoms with Crippen LogP contribution in [0.2, 0.25) is 5.02 Å². The fourth-order valence-corrected chi connectivity index (χ4v) is 2.95. The van der Waals surface area contributed by atoms with Crippen molar-refractivity contribution in [1.82, 2.24) is 9.71 Å². The summed E-state index contributed by atoms with van der Waals surface area (Å²) in [5.41, 5.74) is 0.919. The molecule has 0 saturated heterocycles. The molecule has 2 heterocycles. The Morgan fingerprint density at radius 2 is 2.20 bits per heavy atom. The van der Waals surface area contributed by atoms with Crippen molar-refractivity contribution >= 4 is 41.0 Å². The summed E-state index contributed by atoms with van der Waals surface area (Å²) in [6.07, 6.45) is 1.78. The van der Waals surface area contributed by atoms with E-state index in [0.717, 1.165) is 28.9 Å². The fourth-order valence-electron chi connectivity index (χ4n) is 1.95. The molecule has 0 unspecified atom stereocenters. The van der Waals surface area contributed by atoms with Crippen molar-refractivity contribution in [3.63, 3.8) is 0 Å². The molecule has 3 rings (SSSR count). The van der Waals surface area contributed by atoms with Gasteiger partial charge < -0.3 is 0 Å². The number of hydrogen-bond donors (Lipinski definition) is 1. The van der Waals surface area contributed by atoms with E-state index in [9.17, 15) is 0 Å². The molecular formula is C14H13ClN4S. The average molecular weight is 305 g/mol. The minimum absolute atomic E-state index is 0.716. The third-order valence-electron chi connectivity index (χ3n) is 2.90. The van der Waals surface area contributed by atoms with Crippen LogP contribution in [0.15, 0.2) is 52.5 Å². The summed E-state index contributed by atoms with van der Waals surface area (Å²) in [5.74, 6) is 1.66. The Kier molecular flexibility index (Phi) is 3.80. The van der Waals surface area contributed by atoms with Crippen LogP contribution in [0.5, 0.6) is 0 Å². The lowest BCUT2D eigenvalue weighted by Crippen LogP contribution is -2.39. The average Bonchev–Trinajstić information content (AvgIpc) is 2.49. The molecule has 0 fully saturated rings. The molecule has 6 heteroatoms. The van der Waals surface area contributed by atoms with Crippen molar-refractivity contribution in [2.45, 2.75) is 11.8 Å². The van der Waals surface area contributed by atoms with Gasteiger partial charge in [-0.05, 0) is 49.2 Å². The number of nitrogens with zero attached hydrogens (tertiary/aromatic N) is 3. The molecule has 1 N–H and O–H groups in total. The second-order valence-corrected chi connectivity index (χ2v) is 5.47. The summed E-state index contributed by atoms with van der Waals surface area (Å²) in [7, 11) is 0. The number of pyridine rings is 1. The smallest absolute Gasteiger partial charge is 0.215 e. The first kappa shape index (κ1) is 13.3. The fraction of sp³-hybridized carbons (Fsp3) is 0.143. The zero-order valence-electron chi connectivity index (χ0n) is 10.9. The molecule has 0 atom stereocenters. The molecule has 0 saturated carbocycles. The Hall–Kier alpha value is -1.72. The first-order valence-corrected chi connectivity index (χ1v) is 7.47. The number of guanidine groups is 1. The summed E-state index contributed by atoms with van der Waals surface area (Å²) in [4.78, 5) is 12.1. The highest BCUT2D eigenvalue weighted by Crippen LogP contribution is 2.34. The molecule has 0 radical (unpaired) electrons. The van der Waals surface area contributed by atoms with Crippen LogP contribution < -0.4 is 9.62 Å². The lowest BCUT2D eigenvalue weighted by Gasteiger charge is -2.26. The minimum Gasteiger partial charge on any atom is -0.296 e. The molecule has 0 aliphatic carbocycles. The Balaban J connectivity index is 1.96. The van der Waals surface area contributed by atoms with Crippen molar-refractivity contribution in [2.75, 3.05) is 11.4 Å². The number of hydrogen-bond acceptors (Lipinski definition) is 5. The Morgan fingerprint density at radius 1 is 1.30 bits per heavy atom. The van der Waals surface area contributed by atoms with Gasteiger partial charge in [-0.15, -0.1) is 0 Å². The van der Waals surface area contributed by atoms with Gasteiger partial charge in [0.1, 0.15) is 5.82 Å². The molecule has 2 aromatic rings. The highest BCUT2D eigenvalue weighted by Gasteiger charge is 2.18. The van der Waals surface area contributed by atoms with Crippen LogP contribution in [0.4, 0.5) is 11.5 Å². The summed E-state index contributed by atoms with van der Waals surface area (Å²) in [6.45, 7) is 2.85. The predicted octanol–water partition coefficient (Wildman–Crippen LogP) is 3.86. The summed E-state index contributed by atoms with van der Waals surface area (Å²) in [5, 5.41) is 0.716. The predicted molar refractivity (Wildman–Crippen MR) is 84.8 cm³/mol. The maximum Gasteiger partial charge on any atom is 0.215 e. The van der Waals surface area contributed by atoms with E-state index in [2.05, 4.69) is 21.6 Å². The number of anilines is 1. The van der Waals surface area contributed by atoms with Gasteiger partial charge in [-0.25, -0.2) is 9.98 Å². The van der Waals surface area contributed by atoms with Gasteiger partial charge in [0.2, 0.25) is 5.96 Å². The number of aromatic nitrogens is 1. The summed E-state index contributed by atoms with van der Waals surface area (Å²) >= 11 is 7.50. The van der Waals surface area contributed by atoms with Gasteiger partial charge >= 0.3 is 0 Å². The Labute approximate surface area is 127 Å². The van der Waals surface area contributed by atoms with E-state index >= 15 is 0 Å². The number of aliphatic imine (C=N–C) groups is 1. The summed E-state index contributed by atoms with van der Waals surface area (Å²) in [6, 6.07) is 11.5.